The molecule has 0 bridgehead atoms. The maximum atomic E-state index is 11.0. The minimum Gasteiger partial charge on any atom is -0.478 e. The van der Waals surface area contributed by atoms with Gasteiger partial charge in [-0.1, -0.05) is 35.9 Å². The van der Waals surface area contributed by atoms with Crippen LogP contribution in [0.3, 0.4) is 0 Å². The van der Waals surface area contributed by atoms with Crippen LogP contribution in [-0.4, -0.2) is 21.0 Å². The van der Waals surface area contributed by atoms with Crippen LogP contribution in [-0.2, 0) is 0 Å². The van der Waals surface area contributed by atoms with Gasteiger partial charge in [0.05, 0.1) is 5.56 Å². The zero-order chi connectivity index (χ0) is 17.1. The molecule has 7 heteroatoms. The Balaban J connectivity index is 1.89. The normalized spacial score (nSPS) is 10.4. The van der Waals surface area contributed by atoms with Crippen molar-refractivity contribution in [3.63, 3.8) is 0 Å². The highest BCUT2D eigenvalue weighted by molar-refractivity contribution is 6.33. The summed E-state index contributed by atoms with van der Waals surface area (Å²) in [7, 11) is 0. The highest BCUT2D eigenvalue weighted by atomic mass is 35.5. The third-order valence-corrected chi connectivity index (χ3v) is 3.68. The number of nitrogens with two attached hydrogens (primary N) is 1. The van der Waals surface area contributed by atoms with Gasteiger partial charge in [-0.25, -0.2) is 9.78 Å². The van der Waals surface area contributed by atoms with Crippen LogP contribution in [0.2, 0.25) is 5.02 Å². The highest BCUT2D eigenvalue weighted by Gasteiger charge is 2.10. The molecule has 0 saturated carbocycles. The molecule has 0 fully saturated rings. The third kappa shape index (κ3) is 3.28. The highest BCUT2D eigenvalue weighted by Crippen LogP contribution is 2.31. The fourth-order valence-corrected chi connectivity index (χ4v) is 2.44. The van der Waals surface area contributed by atoms with E-state index in [1.54, 1.807) is 24.4 Å². The number of carbonyl (C=O) groups is 1. The SMILES string of the molecule is Nc1nc(Nc2cccc(C(=O)O)c2)ncc1-c1ccccc1Cl. The summed E-state index contributed by atoms with van der Waals surface area (Å²) in [4.78, 5) is 19.4. The Hall–Kier alpha value is -3.12. The number of rotatable bonds is 4. The predicted molar refractivity (Wildman–Crippen MR) is 93.6 cm³/mol. The van der Waals surface area contributed by atoms with Gasteiger partial charge in [0.1, 0.15) is 5.82 Å². The lowest BCUT2D eigenvalue weighted by atomic mass is 10.1. The smallest absolute Gasteiger partial charge is 0.335 e. The molecule has 0 radical (unpaired) electrons. The zero-order valence-corrected chi connectivity index (χ0v) is 13.2. The second-order valence-electron chi connectivity index (χ2n) is 4.98. The Morgan fingerprint density at radius 2 is 1.92 bits per heavy atom. The van der Waals surface area contributed by atoms with Crippen LogP contribution in [0.4, 0.5) is 17.5 Å². The first-order chi connectivity index (χ1) is 11.5. The summed E-state index contributed by atoms with van der Waals surface area (Å²) in [6.45, 7) is 0. The van der Waals surface area contributed by atoms with Crippen molar-refractivity contribution in [1.29, 1.82) is 0 Å². The molecule has 0 atom stereocenters. The van der Waals surface area contributed by atoms with Gasteiger partial charge in [0, 0.05) is 28.0 Å². The van der Waals surface area contributed by atoms with Crippen molar-refractivity contribution < 1.29 is 9.90 Å². The summed E-state index contributed by atoms with van der Waals surface area (Å²) in [6, 6.07) is 13.6. The number of nitrogens with one attached hydrogen (secondary N) is 1. The van der Waals surface area contributed by atoms with Crippen LogP contribution >= 0.6 is 11.6 Å². The second kappa shape index (κ2) is 6.55. The van der Waals surface area contributed by atoms with Gasteiger partial charge in [-0.2, -0.15) is 4.98 Å². The van der Waals surface area contributed by atoms with E-state index in [1.807, 2.05) is 18.2 Å². The number of hydrogen-bond acceptors (Lipinski definition) is 5. The molecule has 0 aliphatic carbocycles. The van der Waals surface area contributed by atoms with Gasteiger partial charge in [0.2, 0.25) is 5.95 Å². The predicted octanol–water partition coefficient (Wildman–Crippen LogP) is 3.82. The lowest BCUT2D eigenvalue weighted by molar-refractivity contribution is 0.0697. The van der Waals surface area contributed by atoms with Crippen molar-refractivity contribution in [3.05, 3.63) is 65.3 Å². The lowest BCUT2D eigenvalue weighted by Gasteiger charge is -2.10. The molecule has 0 aliphatic rings. The molecule has 3 rings (SSSR count). The van der Waals surface area contributed by atoms with E-state index >= 15 is 0 Å². The number of aromatic nitrogens is 2. The molecule has 4 N–H and O–H groups in total. The van der Waals surface area contributed by atoms with Crippen molar-refractivity contribution in [2.24, 2.45) is 0 Å². The molecule has 0 saturated heterocycles. The standard InChI is InChI=1S/C17H13ClN4O2/c18-14-7-2-1-6-12(14)13-9-20-17(22-15(13)19)21-11-5-3-4-10(8-11)16(23)24/h1-9H,(H,23,24)(H3,19,20,21,22). The number of hydrogen-bond donors (Lipinski definition) is 3. The Morgan fingerprint density at radius 3 is 2.62 bits per heavy atom. The van der Waals surface area contributed by atoms with E-state index in [2.05, 4.69) is 15.3 Å². The van der Waals surface area contributed by atoms with Crippen molar-refractivity contribution in [1.82, 2.24) is 9.97 Å². The average Bonchev–Trinajstić information content (AvgIpc) is 2.56. The fraction of sp³-hybridized carbons (Fsp3) is 0. The number of aromatic carboxylic acids is 1. The number of nitrogens with zero attached hydrogens (tertiary/aromatic N) is 2. The van der Waals surface area contributed by atoms with Crippen LogP contribution in [0.5, 0.6) is 0 Å². The van der Waals surface area contributed by atoms with Crippen LogP contribution in [0.15, 0.2) is 54.7 Å². The minimum absolute atomic E-state index is 0.167. The second-order valence-corrected chi connectivity index (χ2v) is 5.39. The molecule has 2 aromatic carbocycles. The Kier molecular flexibility index (Phi) is 4.31. The summed E-state index contributed by atoms with van der Waals surface area (Å²) >= 11 is 6.17. The van der Waals surface area contributed by atoms with E-state index in [9.17, 15) is 4.79 Å². The molecule has 1 aromatic heterocycles. The van der Waals surface area contributed by atoms with E-state index in [0.717, 1.165) is 5.56 Å². The number of nitrogen functional groups attached to an aromatic ring is 1. The van der Waals surface area contributed by atoms with Crippen LogP contribution in [0.25, 0.3) is 11.1 Å². The zero-order valence-electron chi connectivity index (χ0n) is 12.4. The van der Waals surface area contributed by atoms with E-state index in [0.29, 0.717) is 16.3 Å². The molecule has 24 heavy (non-hydrogen) atoms. The molecular formula is C17H13ClN4O2. The molecular weight excluding hydrogens is 328 g/mol. The van der Waals surface area contributed by atoms with Gasteiger partial charge < -0.3 is 16.2 Å². The number of benzene rings is 2. The van der Waals surface area contributed by atoms with Crippen molar-refractivity contribution in [3.8, 4) is 11.1 Å². The van der Waals surface area contributed by atoms with Gasteiger partial charge in [0.15, 0.2) is 0 Å². The van der Waals surface area contributed by atoms with E-state index in [1.165, 1.54) is 12.1 Å². The number of halogens is 1. The molecule has 3 aromatic rings. The van der Waals surface area contributed by atoms with Crippen molar-refractivity contribution >= 4 is 35.0 Å². The maximum absolute atomic E-state index is 11.0. The van der Waals surface area contributed by atoms with Gasteiger partial charge in [-0.05, 0) is 24.3 Å². The van der Waals surface area contributed by atoms with Gasteiger partial charge in [0.25, 0.3) is 0 Å². The number of carboxylic acids is 1. The van der Waals surface area contributed by atoms with Gasteiger partial charge in [-0.15, -0.1) is 0 Å². The van der Waals surface area contributed by atoms with Crippen molar-refractivity contribution in [2.75, 3.05) is 11.1 Å². The fourth-order valence-electron chi connectivity index (χ4n) is 2.20. The van der Waals surface area contributed by atoms with Crippen molar-refractivity contribution in [2.45, 2.75) is 0 Å². The number of carboxylic acid groups (broad SMARTS) is 1. The van der Waals surface area contributed by atoms with E-state index in [4.69, 9.17) is 22.4 Å². The molecule has 0 spiro atoms. The van der Waals surface area contributed by atoms with Gasteiger partial charge >= 0.3 is 5.97 Å². The molecule has 1 heterocycles. The van der Waals surface area contributed by atoms with E-state index < -0.39 is 5.97 Å². The first kappa shape index (κ1) is 15.8. The first-order valence-electron chi connectivity index (χ1n) is 7.02. The minimum atomic E-state index is -1.01. The summed E-state index contributed by atoms with van der Waals surface area (Å²) in [5.41, 5.74) is 8.11. The van der Waals surface area contributed by atoms with Crippen LogP contribution in [0.1, 0.15) is 10.4 Å². The molecule has 0 amide bonds. The molecule has 120 valence electrons. The monoisotopic (exact) mass is 340 g/mol. The number of anilines is 3. The Bertz CT molecular complexity index is 915. The quantitative estimate of drug-likeness (QED) is 0.667. The van der Waals surface area contributed by atoms with E-state index in [-0.39, 0.29) is 17.3 Å². The summed E-state index contributed by atoms with van der Waals surface area (Å²) < 4.78 is 0. The van der Waals surface area contributed by atoms with Crippen LogP contribution < -0.4 is 11.1 Å². The topological polar surface area (TPSA) is 101 Å². The Morgan fingerprint density at radius 1 is 1.12 bits per heavy atom. The molecule has 0 aliphatic heterocycles. The van der Waals surface area contributed by atoms with Gasteiger partial charge in [-0.3, -0.25) is 0 Å². The van der Waals surface area contributed by atoms with Crippen LogP contribution in [0, 0.1) is 0 Å². The first-order valence-corrected chi connectivity index (χ1v) is 7.40. The lowest BCUT2D eigenvalue weighted by Crippen LogP contribution is -2.03. The summed E-state index contributed by atoms with van der Waals surface area (Å²) in [5, 5.41) is 12.5. The summed E-state index contributed by atoms with van der Waals surface area (Å²) in [5.74, 6) is -0.464. The average molecular weight is 341 g/mol. The molecule has 0 unspecified atom stereocenters. The Labute approximate surface area is 142 Å². The largest absolute Gasteiger partial charge is 0.478 e. The third-order valence-electron chi connectivity index (χ3n) is 3.35. The maximum Gasteiger partial charge on any atom is 0.335 e. The molecule has 6 nitrogen and oxygen atoms in total. The summed E-state index contributed by atoms with van der Waals surface area (Å²) in [6.07, 6.45) is 1.58.